The minimum absolute atomic E-state index is 0.00731. The summed E-state index contributed by atoms with van der Waals surface area (Å²) in [6.07, 6.45) is 2.78. The first-order chi connectivity index (χ1) is 8.79. The summed E-state index contributed by atoms with van der Waals surface area (Å²) in [6.45, 7) is 2.13. The van der Waals surface area contributed by atoms with E-state index in [1.807, 2.05) is 0 Å². The number of anilines is 1. The monoisotopic (exact) mass is 366 g/mol. The summed E-state index contributed by atoms with van der Waals surface area (Å²) in [5.41, 5.74) is 6.04. The zero-order valence-corrected chi connectivity index (χ0v) is 13.6. The quantitative estimate of drug-likeness (QED) is 0.806. The minimum Gasteiger partial charge on any atom is -0.398 e. The summed E-state index contributed by atoms with van der Waals surface area (Å²) >= 11 is 9.08. The molecule has 2 unspecified atom stereocenters. The predicted octanol–water partition coefficient (Wildman–Crippen LogP) is 3.15. The summed E-state index contributed by atoms with van der Waals surface area (Å²) in [7, 11) is -3.60. The Kier molecular flexibility index (Phi) is 4.45. The van der Waals surface area contributed by atoms with Crippen molar-refractivity contribution in [2.75, 3.05) is 5.73 Å². The Balaban J connectivity index is 2.29. The van der Waals surface area contributed by atoms with Crippen LogP contribution in [0.3, 0.4) is 0 Å². The molecule has 7 heteroatoms. The molecule has 0 bridgehead atoms. The number of halogens is 2. The Morgan fingerprint density at radius 3 is 2.68 bits per heavy atom. The largest absolute Gasteiger partial charge is 0.398 e. The van der Waals surface area contributed by atoms with Crippen LogP contribution in [0.2, 0.25) is 5.02 Å². The van der Waals surface area contributed by atoms with Gasteiger partial charge in [0.2, 0.25) is 10.0 Å². The molecule has 2 rings (SSSR count). The molecule has 0 aliphatic heterocycles. The number of nitrogens with two attached hydrogens (primary N) is 1. The van der Waals surface area contributed by atoms with E-state index >= 15 is 0 Å². The molecule has 0 aromatic heterocycles. The smallest absolute Gasteiger partial charge is 0.242 e. The molecule has 0 amide bonds. The van der Waals surface area contributed by atoms with E-state index in [2.05, 4.69) is 27.6 Å². The average Bonchev–Trinajstić information content (AvgIpc) is 2.68. The first-order valence-electron chi connectivity index (χ1n) is 6.06. The second-order valence-electron chi connectivity index (χ2n) is 5.04. The molecular formula is C12H16BrClN2O2S. The highest BCUT2D eigenvalue weighted by Crippen LogP contribution is 2.33. The van der Waals surface area contributed by atoms with E-state index in [-0.39, 0.29) is 10.9 Å². The molecule has 4 nitrogen and oxygen atoms in total. The number of hydrogen-bond acceptors (Lipinski definition) is 3. The Morgan fingerprint density at radius 2 is 2.11 bits per heavy atom. The molecule has 1 aromatic rings. The van der Waals surface area contributed by atoms with E-state index in [4.69, 9.17) is 17.3 Å². The number of rotatable bonds is 3. The minimum atomic E-state index is -3.60. The van der Waals surface area contributed by atoms with Crippen LogP contribution in [0, 0.1) is 5.92 Å². The molecule has 3 N–H and O–H groups in total. The number of sulfonamides is 1. The number of benzene rings is 1. The summed E-state index contributed by atoms with van der Waals surface area (Å²) in [6, 6.07) is 2.91. The first kappa shape index (κ1) is 15.1. The molecule has 106 valence electrons. The van der Waals surface area contributed by atoms with Crippen molar-refractivity contribution < 1.29 is 8.42 Å². The van der Waals surface area contributed by atoms with Crippen molar-refractivity contribution in [2.45, 2.75) is 37.1 Å². The van der Waals surface area contributed by atoms with E-state index < -0.39 is 10.0 Å². The van der Waals surface area contributed by atoms with Gasteiger partial charge in [0.05, 0.1) is 9.37 Å². The van der Waals surface area contributed by atoms with Gasteiger partial charge in [-0.05, 0) is 53.2 Å². The van der Waals surface area contributed by atoms with Crippen molar-refractivity contribution in [3.8, 4) is 0 Å². The van der Waals surface area contributed by atoms with Gasteiger partial charge < -0.3 is 5.73 Å². The summed E-state index contributed by atoms with van der Waals surface area (Å²) in [5, 5.41) is 0.306. The summed E-state index contributed by atoms with van der Waals surface area (Å²) in [5.74, 6) is 0.556. The Hall–Kier alpha value is -0.300. The van der Waals surface area contributed by atoms with Crippen molar-refractivity contribution in [3.05, 3.63) is 21.6 Å². The van der Waals surface area contributed by atoms with Gasteiger partial charge in [-0.25, -0.2) is 13.1 Å². The molecule has 0 radical (unpaired) electrons. The highest BCUT2D eigenvalue weighted by atomic mass is 79.9. The van der Waals surface area contributed by atoms with Gasteiger partial charge in [-0.3, -0.25) is 0 Å². The van der Waals surface area contributed by atoms with Gasteiger partial charge >= 0.3 is 0 Å². The van der Waals surface area contributed by atoms with Crippen molar-refractivity contribution >= 4 is 43.2 Å². The zero-order chi connectivity index (χ0) is 14.2. The molecule has 1 aliphatic carbocycles. The first-order valence-corrected chi connectivity index (χ1v) is 8.72. The molecule has 2 atom stereocenters. The van der Waals surface area contributed by atoms with Crippen molar-refractivity contribution in [2.24, 2.45) is 5.92 Å². The fourth-order valence-electron chi connectivity index (χ4n) is 2.38. The maximum absolute atomic E-state index is 12.4. The van der Waals surface area contributed by atoms with Gasteiger partial charge in [-0.2, -0.15) is 0 Å². The molecule has 0 spiro atoms. The van der Waals surface area contributed by atoms with E-state index in [0.29, 0.717) is 21.1 Å². The van der Waals surface area contributed by atoms with Gasteiger partial charge in [0.25, 0.3) is 0 Å². The van der Waals surface area contributed by atoms with Gasteiger partial charge in [-0.1, -0.05) is 18.5 Å². The van der Waals surface area contributed by atoms with Crippen LogP contribution in [0.25, 0.3) is 0 Å². The Labute approximate surface area is 126 Å². The standard InChI is InChI=1S/C12H16BrClN2O2S/c1-7-2-3-9(4-7)16-19(17,18)11-6-8(14)5-10(15)12(11)13/h5-7,9,16H,2-4,15H2,1H3. The van der Waals surface area contributed by atoms with Crippen LogP contribution in [0.15, 0.2) is 21.5 Å². The lowest BCUT2D eigenvalue weighted by Crippen LogP contribution is -2.33. The highest BCUT2D eigenvalue weighted by molar-refractivity contribution is 9.10. The second kappa shape index (κ2) is 5.60. The zero-order valence-electron chi connectivity index (χ0n) is 10.5. The third-order valence-corrected chi connectivity index (χ3v) is 6.25. The molecule has 0 heterocycles. The van der Waals surface area contributed by atoms with E-state index in [1.54, 1.807) is 0 Å². The topological polar surface area (TPSA) is 72.2 Å². The van der Waals surface area contributed by atoms with Crippen LogP contribution in [-0.4, -0.2) is 14.5 Å². The Morgan fingerprint density at radius 1 is 1.42 bits per heavy atom. The lowest BCUT2D eigenvalue weighted by Gasteiger charge is -2.15. The van der Waals surface area contributed by atoms with Crippen molar-refractivity contribution in [1.29, 1.82) is 0 Å². The summed E-state index contributed by atoms with van der Waals surface area (Å²) in [4.78, 5) is 0.0945. The SMILES string of the molecule is CC1CCC(NS(=O)(=O)c2cc(Cl)cc(N)c2Br)C1. The van der Waals surface area contributed by atoms with Crippen LogP contribution in [0.4, 0.5) is 5.69 Å². The maximum Gasteiger partial charge on any atom is 0.242 e. The molecule has 1 fully saturated rings. The molecule has 1 aliphatic rings. The van der Waals surface area contributed by atoms with Crippen molar-refractivity contribution in [1.82, 2.24) is 4.72 Å². The van der Waals surface area contributed by atoms with Gasteiger partial charge in [0, 0.05) is 16.8 Å². The van der Waals surface area contributed by atoms with Crippen LogP contribution >= 0.6 is 27.5 Å². The number of hydrogen-bond donors (Lipinski definition) is 2. The average molecular weight is 368 g/mol. The maximum atomic E-state index is 12.4. The second-order valence-corrected chi connectivity index (χ2v) is 7.96. The van der Waals surface area contributed by atoms with Crippen LogP contribution < -0.4 is 10.5 Å². The molecule has 0 saturated heterocycles. The summed E-state index contributed by atoms with van der Waals surface area (Å²) < 4.78 is 27.8. The molecule has 1 aromatic carbocycles. The van der Waals surface area contributed by atoms with E-state index in [9.17, 15) is 8.42 Å². The fourth-order valence-corrected chi connectivity index (χ4v) is 4.95. The van der Waals surface area contributed by atoms with Crippen LogP contribution in [0.5, 0.6) is 0 Å². The van der Waals surface area contributed by atoms with Crippen LogP contribution in [0.1, 0.15) is 26.2 Å². The predicted molar refractivity (Wildman–Crippen MR) is 80.7 cm³/mol. The third kappa shape index (κ3) is 3.42. The van der Waals surface area contributed by atoms with E-state index in [0.717, 1.165) is 19.3 Å². The number of nitrogen functional groups attached to an aromatic ring is 1. The van der Waals surface area contributed by atoms with Gasteiger partial charge in [-0.15, -0.1) is 0 Å². The molecule has 19 heavy (non-hydrogen) atoms. The van der Waals surface area contributed by atoms with Gasteiger partial charge in [0.15, 0.2) is 0 Å². The lowest BCUT2D eigenvalue weighted by molar-refractivity contribution is 0.538. The van der Waals surface area contributed by atoms with E-state index in [1.165, 1.54) is 12.1 Å². The number of nitrogens with one attached hydrogen (secondary N) is 1. The van der Waals surface area contributed by atoms with Crippen LogP contribution in [-0.2, 0) is 10.0 Å². The normalized spacial score (nSPS) is 23.7. The Bertz CT molecular complexity index is 592. The van der Waals surface area contributed by atoms with Gasteiger partial charge in [0.1, 0.15) is 0 Å². The fraction of sp³-hybridized carbons (Fsp3) is 0.500. The molecule has 1 saturated carbocycles. The lowest BCUT2D eigenvalue weighted by atomic mass is 10.1. The third-order valence-electron chi connectivity index (χ3n) is 3.34. The van der Waals surface area contributed by atoms with Crippen molar-refractivity contribution in [3.63, 3.8) is 0 Å². The highest BCUT2D eigenvalue weighted by Gasteiger charge is 2.28. The molecular weight excluding hydrogens is 352 g/mol.